The molecule has 1 aromatic heterocycles. The zero-order valence-corrected chi connectivity index (χ0v) is 15.9. The van der Waals surface area contributed by atoms with Crippen LogP contribution in [0.4, 0.5) is 0 Å². The van der Waals surface area contributed by atoms with Crippen molar-refractivity contribution in [2.75, 3.05) is 32.7 Å². The van der Waals surface area contributed by atoms with E-state index in [2.05, 4.69) is 39.7 Å². The molecule has 2 heterocycles. The van der Waals surface area contributed by atoms with Crippen molar-refractivity contribution in [1.82, 2.24) is 20.1 Å². The van der Waals surface area contributed by atoms with E-state index in [1.807, 2.05) is 36.7 Å². The second-order valence-corrected chi connectivity index (χ2v) is 6.92. The summed E-state index contributed by atoms with van der Waals surface area (Å²) in [5.41, 5.74) is 3.50. The number of hydrogen-bond acceptors (Lipinski definition) is 5. The molecule has 2 N–H and O–H groups in total. The molecule has 0 spiro atoms. The van der Waals surface area contributed by atoms with E-state index in [1.54, 1.807) is 18.3 Å². The van der Waals surface area contributed by atoms with Gasteiger partial charge in [-0.1, -0.05) is 24.8 Å². The standard InChI is InChI=1S/C22H28N4O/c1-3-23-16-18(2)17-25-12-14-26(15-13-25)22(21-6-4-5-11-24-21)19-7-9-20(27)10-8-19/h3-11,16,22-23,27H,1,12-15,17H2,2H3/b18-16+. The van der Waals surface area contributed by atoms with Crippen molar-refractivity contribution in [3.8, 4) is 5.75 Å². The van der Waals surface area contributed by atoms with Crippen molar-refractivity contribution >= 4 is 0 Å². The van der Waals surface area contributed by atoms with Gasteiger partial charge in [0, 0.05) is 45.1 Å². The van der Waals surface area contributed by atoms with Gasteiger partial charge in [0.1, 0.15) is 5.75 Å². The number of hydrogen-bond donors (Lipinski definition) is 2. The van der Waals surface area contributed by atoms with E-state index in [4.69, 9.17) is 0 Å². The fourth-order valence-electron chi connectivity index (χ4n) is 3.54. The quantitative estimate of drug-likeness (QED) is 0.791. The summed E-state index contributed by atoms with van der Waals surface area (Å²) in [5, 5.41) is 12.7. The topological polar surface area (TPSA) is 51.6 Å². The molecule has 1 unspecified atom stereocenters. The van der Waals surface area contributed by atoms with Gasteiger partial charge >= 0.3 is 0 Å². The molecular formula is C22H28N4O. The van der Waals surface area contributed by atoms with Gasteiger partial charge in [-0.05, 0) is 48.5 Å². The number of aromatic hydroxyl groups is 1. The monoisotopic (exact) mass is 364 g/mol. The number of piperazine rings is 1. The van der Waals surface area contributed by atoms with Gasteiger partial charge in [-0.2, -0.15) is 0 Å². The van der Waals surface area contributed by atoms with Crippen molar-refractivity contribution in [2.24, 2.45) is 0 Å². The van der Waals surface area contributed by atoms with E-state index in [9.17, 15) is 5.11 Å². The molecule has 1 saturated heterocycles. The van der Waals surface area contributed by atoms with Gasteiger partial charge in [0.2, 0.25) is 0 Å². The van der Waals surface area contributed by atoms with Crippen molar-refractivity contribution in [3.63, 3.8) is 0 Å². The summed E-state index contributed by atoms with van der Waals surface area (Å²) in [7, 11) is 0. The minimum Gasteiger partial charge on any atom is -0.508 e. The van der Waals surface area contributed by atoms with Crippen LogP contribution in [0.1, 0.15) is 24.2 Å². The second kappa shape index (κ2) is 9.35. The van der Waals surface area contributed by atoms with Gasteiger partial charge in [-0.25, -0.2) is 0 Å². The lowest BCUT2D eigenvalue weighted by Gasteiger charge is -2.39. The molecule has 0 radical (unpaired) electrons. The van der Waals surface area contributed by atoms with Crippen LogP contribution in [0.25, 0.3) is 0 Å². The average Bonchev–Trinajstić information content (AvgIpc) is 2.70. The second-order valence-electron chi connectivity index (χ2n) is 6.92. The van der Waals surface area contributed by atoms with Crippen LogP contribution < -0.4 is 5.32 Å². The SMILES string of the molecule is C=CN/C=C(\C)CN1CCN(C(c2ccc(O)cc2)c2ccccn2)CC1. The molecule has 0 bridgehead atoms. The van der Waals surface area contributed by atoms with Gasteiger partial charge in [-0.15, -0.1) is 0 Å². The Hall–Kier alpha value is -2.63. The number of benzene rings is 1. The Morgan fingerprint density at radius 2 is 1.93 bits per heavy atom. The zero-order valence-electron chi connectivity index (χ0n) is 15.9. The number of phenols is 1. The van der Waals surface area contributed by atoms with Crippen LogP contribution in [0.3, 0.4) is 0 Å². The molecule has 0 aliphatic carbocycles. The third-order valence-electron chi connectivity index (χ3n) is 4.87. The van der Waals surface area contributed by atoms with E-state index in [-0.39, 0.29) is 6.04 Å². The molecule has 1 fully saturated rings. The smallest absolute Gasteiger partial charge is 0.115 e. The van der Waals surface area contributed by atoms with Crippen LogP contribution in [-0.2, 0) is 0 Å². The van der Waals surface area contributed by atoms with Gasteiger partial charge < -0.3 is 10.4 Å². The van der Waals surface area contributed by atoms with Crippen LogP contribution in [0.15, 0.2) is 73.2 Å². The van der Waals surface area contributed by atoms with E-state index in [0.717, 1.165) is 44.0 Å². The predicted molar refractivity (Wildman–Crippen MR) is 109 cm³/mol. The third-order valence-corrected chi connectivity index (χ3v) is 4.87. The predicted octanol–water partition coefficient (Wildman–Crippen LogP) is 3.13. The van der Waals surface area contributed by atoms with Gasteiger partial charge in [0.05, 0.1) is 11.7 Å². The summed E-state index contributed by atoms with van der Waals surface area (Å²) in [5.74, 6) is 0.290. The molecule has 1 atom stereocenters. The first-order chi connectivity index (χ1) is 13.2. The highest BCUT2D eigenvalue weighted by atomic mass is 16.3. The number of phenolic OH excluding ortho intramolecular Hbond substituents is 1. The summed E-state index contributed by atoms with van der Waals surface area (Å²) in [6, 6.07) is 13.7. The molecule has 27 heavy (non-hydrogen) atoms. The van der Waals surface area contributed by atoms with Gasteiger partial charge in [0.15, 0.2) is 0 Å². The van der Waals surface area contributed by atoms with Crippen molar-refractivity contribution < 1.29 is 5.11 Å². The van der Waals surface area contributed by atoms with E-state index < -0.39 is 0 Å². The van der Waals surface area contributed by atoms with Crippen LogP contribution in [0.2, 0.25) is 0 Å². The lowest BCUT2D eigenvalue weighted by atomic mass is 10.00. The van der Waals surface area contributed by atoms with Crippen molar-refractivity contribution in [1.29, 1.82) is 0 Å². The number of nitrogens with zero attached hydrogens (tertiary/aromatic N) is 3. The molecule has 0 amide bonds. The first kappa shape index (κ1) is 19.1. The zero-order chi connectivity index (χ0) is 19.1. The number of nitrogens with one attached hydrogen (secondary N) is 1. The third kappa shape index (κ3) is 5.18. The summed E-state index contributed by atoms with van der Waals surface area (Å²) >= 11 is 0. The number of pyridine rings is 1. The minimum absolute atomic E-state index is 0.105. The number of aromatic nitrogens is 1. The molecule has 5 heteroatoms. The molecule has 5 nitrogen and oxygen atoms in total. The maximum Gasteiger partial charge on any atom is 0.115 e. The van der Waals surface area contributed by atoms with Crippen molar-refractivity contribution in [2.45, 2.75) is 13.0 Å². The number of rotatable bonds is 7. The van der Waals surface area contributed by atoms with E-state index >= 15 is 0 Å². The highest BCUT2D eigenvalue weighted by Gasteiger charge is 2.27. The highest BCUT2D eigenvalue weighted by molar-refractivity contribution is 5.32. The lowest BCUT2D eigenvalue weighted by molar-refractivity contribution is 0.114. The highest BCUT2D eigenvalue weighted by Crippen LogP contribution is 2.29. The molecule has 1 aliphatic heterocycles. The van der Waals surface area contributed by atoms with Crippen LogP contribution in [-0.4, -0.2) is 52.6 Å². The largest absolute Gasteiger partial charge is 0.508 e. The molecule has 3 rings (SSSR count). The maximum atomic E-state index is 9.65. The summed E-state index contributed by atoms with van der Waals surface area (Å²) in [4.78, 5) is 9.56. The molecule has 1 aromatic carbocycles. The summed E-state index contributed by atoms with van der Waals surface area (Å²) < 4.78 is 0. The fourth-order valence-corrected chi connectivity index (χ4v) is 3.54. The van der Waals surface area contributed by atoms with Gasteiger partial charge in [-0.3, -0.25) is 14.8 Å². The Morgan fingerprint density at radius 3 is 2.56 bits per heavy atom. The molecule has 1 aliphatic rings. The van der Waals surface area contributed by atoms with Crippen LogP contribution in [0, 0.1) is 0 Å². The molecule has 0 saturated carbocycles. The van der Waals surface area contributed by atoms with Crippen molar-refractivity contribution in [3.05, 3.63) is 84.5 Å². The Bertz CT molecular complexity index is 750. The Labute approximate surface area is 161 Å². The van der Waals surface area contributed by atoms with Crippen LogP contribution >= 0.6 is 0 Å². The van der Waals surface area contributed by atoms with E-state index in [1.165, 1.54) is 5.57 Å². The summed E-state index contributed by atoms with van der Waals surface area (Å²) in [6.45, 7) is 10.8. The molecular weight excluding hydrogens is 336 g/mol. The maximum absolute atomic E-state index is 9.65. The van der Waals surface area contributed by atoms with Crippen LogP contribution in [0.5, 0.6) is 5.75 Å². The normalized spacial score (nSPS) is 17.4. The van der Waals surface area contributed by atoms with E-state index in [0.29, 0.717) is 5.75 Å². The Kier molecular flexibility index (Phi) is 6.63. The summed E-state index contributed by atoms with van der Waals surface area (Å²) in [6.07, 6.45) is 5.54. The minimum atomic E-state index is 0.105. The molecule has 142 valence electrons. The average molecular weight is 364 g/mol. The Balaban J connectivity index is 1.71. The lowest BCUT2D eigenvalue weighted by Crippen LogP contribution is -2.48. The Morgan fingerprint density at radius 1 is 1.19 bits per heavy atom. The first-order valence-corrected chi connectivity index (χ1v) is 9.36. The molecule has 2 aromatic rings. The first-order valence-electron chi connectivity index (χ1n) is 9.36. The van der Waals surface area contributed by atoms with Gasteiger partial charge in [0.25, 0.3) is 0 Å². The fraction of sp³-hybridized carbons (Fsp3) is 0.318.